The van der Waals surface area contributed by atoms with Crippen molar-refractivity contribution >= 4 is 28.5 Å². The molecule has 0 saturated heterocycles. The minimum Gasteiger partial charge on any atom is -0.352 e. The van der Waals surface area contributed by atoms with Crippen molar-refractivity contribution in [2.75, 3.05) is 12.4 Å². The third-order valence-electron chi connectivity index (χ3n) is 3.23. The number of carbonyl (C=O) groups excluding carboxylic acids is 1. The van der Waals surface area contributed by atoms with E-state index in [9.17, 15) is 4.79 Å². The van der Waals surface area contributed by atoms with Gasteiger partial charge in [-0.05, 0) is 30.0 Å². The van der Waals surface area contributed by atoms with Gasteiger partial charge in [-0.3, -0.25) is 14.8 Å². The first-order valence-corrected chi connectivity index (χ1v) is 7.10. The number of alkyl halides is 1. The fraction of sp³-hybridized carbons (Fsp3) is 0.400. The van der Waals surface area contributed by atoms with Gasteiger partial charge in [-0.15, -0.1) is 11.6 Å². The van der Waals surface area contributed by atoms with Gasteiger partial charge in [-0.25, -0.2) is 0 Å². The summed E-state index contributed by atoms with van der Waals surface area (Å²) in [6.45, 7) is 4.76. The van der Waals surface area contributed by atoms with E-state index in [1.165, 1.54) is 0 Å². The van der Waals surface area contributed by atoms with E-state index in [2.05, 4.69) is 29.1 Å². The molecule has 0 radical (unpaired) electrons. The summed E-state index contributed by atoms with van der Waals surface area (Å²) in [5.74, 6) is 0.495. The Morgan fingerprint density at radius 3 is 2.65 bits per heavy atom. The number of benzene rings is 1. The average Bonchev–Trinajstić information content (AvgIpc) is 2.44. The van der Waals surface area contributed by atoms with E-state index in [1.54, 1.807) is 30.6 Å². The maximum absolute atomic E-state index is 12.1. The highest BCUT2D eigenvalue weighted by molar-refractivity contribution is 6.17. The van der Waals surface area contributed by atoms with Crippen LogP contribution in [0.1, 0.15) is 30.6 Å². The van der Waals surface area contributed by atoms with Crippen molar-refractivity contribution < 1.29 is 4.79 Å². The largest absolute Gasteiger partial charge is 0.352 e. The molecular weight excluding hydrogens is 274 g/mol. The van der Waals surface area contributed by atoms with E-state index in [0.717, 1.165) is 17.5 Å². The normalized spacial score (nSPS) is 11.6. The summed E-state index contributed by atoms with van der Waals surface area (Å²) < 4.78 is 0. The number of hydrogen-bond donors (Lipinski definition) is 1. The first kappa shape index (κ1) is 14.7. The Bertz CT molecular complexity index is 613. The van der Waals surface area contributed by atoms with Crippen LogP contribution in [0.25, 0.3) is 11.0 Å². The van der Waals surface area contributed by atoms with Gasteiger partial charge in [0.25, 0.3) is 5.91 Å². The molecule has 1 aromatic carbocycles. The molecule has 106 valence electrons. The number of halogens is 1. The van der Waals surface area contributed by atoms with Gasteiger partial charge in [0, 0.05) is 30.4 Å². The van der Waals surface area contributed by atoms with Crippen LogP contribution in [0.2, 0.25) is 0 Å². The van der Waals surface area contributed by atoms with Gasteiger partial charge < -0.3 is 5.32 Å². The number of aromatic nitrogens is 2. The van der Waals surface area contributed by atoms with Gasteiger partial charge in [-0.2, -0.15) is 0 Å². The summed E-state index contributed by atoms with van der Waals surface area (Å²) in [6.07, 6.45) is 4.11. The highest BCUT2D eigenvalue weighted by Gasteiger charge is 2.18. The smallest absolute Gasteiger partial charge is 0.251 e. The van der Waals surface area contributed by atoms with Gasteiger partial charge in [0.05, 0.1) is 11.0 Å². The molecule has 1 heterocycles. The van der Waals surface area contributed by atoms with Crippen LogP contribution in [-0.2, 0) is 0 Å². The van der Waals surface area contributed by atoms with E-state index >= 15 is 0 Å². The Hall–Kier alpha value is -1.68. The Balaban J connectivity index is 2.08. The Labute approximate surface area is 123 Å². The molecule has 0 aliphatic rings. The molecule has 0 spiro atoms. The van der Waals surface area contributed by atoms with Gasteiger partial charge in [0.1, 0.15) is 0 Å². The summed E-state index contributed by atoms with van der Waals surface area (Å²) in [7, 11) is 0. The zero-order valence-corrected chi connectivity index (χ0v) is 12.4. The van der Waals surface area contributed by atoms with Crippen LogP contribution in [0, 0.1) is 5.41 Å². The number of nitrogens with one attached hydrogen (secondary N) is 1. The standard InChI is InChI=1S/C15H18ClN3O/c1-15(2,5-6-16)10-19-14(20)11-3-4-12-13(9-11)18-8-7-17-12/h3-4,7-9H,5-6,10H2,1-2H3,(H,19,20). The van der Waals surface area contributed by atoms with Crippen LogP contribution in [0.5, 0.6) is 0 Å². The van der Waals surface area contributed by atoms with Gasteiger partial charge in [-0.1, -0.05) is 13.8 Å². The lowest BCUT2D eigenvalue weighted by molar-refractivity contribution is 0.0936. The Morgan fingerprint density at radius 2 is 1.95 bits per heavy atom. The second-order valence-electron chi connectivity index (χ2n) is 5.55. The molecule has 5 heteroatoms. The number of carbonyl (C=O) groups is 1. The second-order valence-corrected chi connectivity index (χ2v) is 5.92. The summed E-state index contributed by atoms with van der Waals surface area (Å²) in [5, 5.41) is 2.94. The average molecular weight is 292 g/mol. The van der Waals surface area contributed by atoms with E-state index in [0.29, 0.717) is 18.0 Å². The summed E-state index contributed by atoms with van der Waals surface area (Å²) in [4.78, 5) is 20.5. The van der Waals surface area contributed by atoms with Crippen LogP contribution in [-0.4, -0.2) is 28.3 Å². The molecule has 1 amide bonds. The van der Waals surface area contributed by atoms with Gasteiger partial charge in [0.2, 0.25) is 0 Å². The van der Waals surface area contributed by atoms with Crippen molar-refractivity contribution in [3.63, 3.8) is 0 Å². The van der Waals surface area contributed by atoms with Crippen LogP contribution < -0.4 is 5.32 Å². The van der Waals surface area contributed by atoms with Gasteiger partial charge in [0.15, 0.2) is 0 Å². The zero-order chi connectivity index (χ0) is 14.6. The molecule has 0 aliphatic heterocycles. The molecule has 0 fully saturated rings. The predicted octanol–water partition coefficient (Wildman–Crippen LogP) is 3.01. The number of nitrogens with zero attached hydrogens (tertiary/aromatic N) is 2. The van der Waals surface area contributed by atoms with Crippen molar-refractivity contribution in [2.45, 2.75) is 20.3 Å². The molecular formula is C15H18ClN3O. The quantitative estimate of drug-likeness (QED) is 0.862. The maximum atomic E-state index is 12.1. The number of hydrogen-bond acceptors (Lipinski definition) is 3. The van der Waals surface area contributed by atoms with Crippen molar-refractivity contribution in [3.8, 4) is 0 Å². The molecule has 1 N–H and O–H groups in total. The lowest BCUT2D eigenvalue weighted by Crippen LogP contribution is -2.34. The molecule has 20 heavy (non-hydrogen) atoms. The van der Waals surface area contributed by atoms with Crippen LogP contribution in [0.4, 0.5) is 0 Å². The lowest BCUT2D eigenvalue weighted by Gasteiger charge is -2.23. The zero-order valence-electron chi connectivity index (χ0n) is 11.7. The molecule has 0 unspecified atom stereocenters. The fourth-order valence-corrected chi connectivity index (χ4v) is 2.38. The molecule has 2 rings (SSSR count). The van der Waals surface area contributed by atoms with Crippen molar-refractivity contribution in [3.05, 3.63) is 36.2 Å². The van der Waals surface area contributed by atoms with E-state index in [1.807, 2.05) is 0 Å². The topological polar surface area (TPSA) is 54.9 Å². The molecule has 4 nitrogen and oxygen atoms in total. The maximum Gasteiger partial charge on any atom is 0.251 e. The number of amides is 1. The first-order chi connectivity index (χ1) is 9.52. The summed E-state index contributed by atoms with van der Waals surface area (Å²) >= 11 is 5.76. The summed E-state index contributed by atoms with van der Waals surface area (Å²) in [6, 6.07) is 5.33. The predicted molar refractivity (Wildman–Crippen MR) is 81.0 cm³/mol. The van der Waals surface area contributed by atoms with Crippen molar-refractivity contribution in [1.82, 2.24) is 15.3 Å². The number of fused-ring (bicyclic) bond motifs is 1. The molecule has 0 bridgehead atoms. The minimum atomic E-state index is -0.0970. The van der Waals surface area contributed by atoms with Crippen LogP contribution in [0.3, 0.4) is 0 Å². The fourth-order valence-electron chi connectivity index (χ4n) is 1.87. The van der Waals surface area contributed by atoms with Crippen LogP contribution in [0.15, 0.2) is 30.6 Å². The lowest BCUT2D eigenvalue weighted by atomic mass is 9.90. The summed E-state index contributed by atoms with van der Waals surface area (Å²) in [5.41, 5.74) is 2.10. The molecule has 1 aromatic heterocycles. The monoisotopic (exact) mass is 291 g/mol. The van der Waals surface area contributed by atoms with E-state index in [4.69, 9.17) is 11.6 Å². The van der Waals surface area contributed by atoms with Crippen molar-refractivity contribution in [2.24, 2.45) is 5.41 Å². The highest BCUT2D eigenvalue weighted by atomic mass is 35.5. The highest BCUT2D eigenvalue weighted by Crippen LogP contribution is 2.19. The van der Waals surface area contributed by atoms with E-state index in [-0.39, 0.29) is 11.3 Å². The third kappa shape index (κ3) is 3.67. The second kappa shape index (κ2) is 6.18. The molecule has 0 atom stereocenters. The van der Waals surface area contributed by atoms with E-state index < -0.39 is 0 Å². The third-order valence-corrected chi connectivity index (χ3v) is 3.42. The first-order valence-electron chi connectivity index (χ1n) is 6.57. The van der Waals surface area contributed by atoms with Crippen LogP contribution >= 0.6 is 11.6 Å². The molecule has 0 aliphatic carbocycles. The number of rotatable bonds is 5. The minimum absolute atomic E-state index is 0.00589. The Kier molecular flexibility index (Phi) is 4.55. The molecule has 2 aromatic rings. The Morgan fingerprint density at radius 1 is 1.25 bits per heavy atom. The molecule has 0 saturated carbocycles. The SMILES string of the molecule is CC(C)(CCCl)CNC(=O)c1ccc2nccnc2c1. The van der Waals surface area contributed by atoms with Gasteiger partial charge >= 0.3 is 0 Å². The van der Waals surface area contributed by atoms with Crippen molar-refractivity contribution in [1.29, 1.82) is 0 Å².